The summed E-state index contributed by atoms with van der Waals surface area (Å²) in [6, 6.07) is 9.17. The summed E-state index contributed by atoms with van der Waals surface area (Å²) in [6.45, 7) is 0. The van der Waals surface area contributed by atoms with Crippen molar-refractivity contribution in [2.24, 2.45) is 0 Å². The highest BCUT2D eigenvalue weighted by molar-refractivity contribution is 6.04. The van der Waals surface area contributed by atoms with E-state index in [9.17, 15) is 14.3 Å². The maximum atomic E-state index is 12.8. The molecule has 0 spiro atoms. The Bertz CT molecular complexity index is 894. The van der Waals surface area contributed by atoms with Gasteiger partial charge in [-0.2, -0.15) is 9.65 Å². The number of rotatable bonds is 2. The van der Waals surface area contributed by atoms with Crippen LogP contribution in [0, 0.1) is 17.3 Å². The maximum absolute atomic E-state index is 12.8. The van der Waals surface area contributed by atoms with Crippen LogP contribution in [-0.4, -0.2) is 25.8 Å². The highest BCUT2D eigenvalue weighted by Crippen LogP contribution is 2.25. The largest absolute Gasteiger partial charge is 0.478 e. The van der Waals surface area contributed by atoms with Crippen LogP contribution in [-0.2, 0) is 0 Å². The maximum Gasteiger partial charge on any atom is 0.337 e. The van der Waals surface area contributed by atoms with Crippen LogP contribution in [0.3, 0.4) is 0 Å². The molecule has 0 aliphatic heterocycles. The molecule has 0 aliphatic carbocycles. The molecule has 0 aliphatic rings. The number of halogens is 1. The van der Waals surface area contributed by atoms with Crippen LogP contribution < -0.4 is 0 Å². The fourth-order valence-electron chi connectivity index (χ4n) is 2.10. The number of nitriles is 1. The van der Waals surface area contributed by atoms with Gasteiger partial charge in [-0.15, -0.1) is 10.2 Å². The minimum atomic E-state index is -1.12. The third kappa shape index (κ3) is 2.08. The zero-order valence-electron chi connectivity index (χ0n) is 10.5. The Balaban J connectivity index is 2.31. The van der Waals surface area contributed by atoms with Crippen molar-refractivity contribution >= 4 is 16.9 Å². The lowest BCUT2D eigenvalue weighted by Crippen LogP contribution is -1.99. The van der Waals surface area contributed by atoms with Crippen molar-refractivity contribution in [3.8, 4) is 11.9 Å². The Morgan fingerprint density at radius 2 is 2.10 bits per heavy atom. The molecule has 0 fully saturated rings. The lowest BCUT2D eigenvalue weighted by molar-refractivity contribution is 0.0699. The van der Waals surface area contributed by atoms with Crippen molar-refractivity contribution in [2.75, 3.05) is 0 Å². The van der Waals surface area contributed by atoms with E-state index in [-0.39, 0.29) is 5.56 Å². The molecular formula is C14H7FN4O2. The zero-order valence-corrected chi connectivity index (χ0v) is 10.5. The summed E-state index contributed by atoms with van der Waals surface area (Å²) in [5, 5.41) is 25.6. The highest BCUT2D eigenvalue weighted by atomic mass is 19.1. The quantitative estimate of drug-likeness (QED) is 0.777. The van der Waals surface area contributed by atoms with Crippen LogP contribution in [0.15, 0.2) is 36.5 Å². The molecule has 0 radical (unpaired) electrons. The van der Waals surface area contributed by atoms with Gasteiger partial charge in [0, 0.05) is 11.6 Å². The van der Waals surface area contributed by atoms with E-state index in [0.717, 1.165) is 6.07 Å². The lowest BCUT2D eigenvalue weighted by atomic mass is 10.1. The summed E-state index contributed by atoms with van der Waals surface area (Å²) < 4.78 is 14.3. The molecule has 6 nitrogen and oxygen atoms in total. The molecule has 0 saturated heterocycles. The second-order valence-corrected chi connectivity index (χ2v) is 4.28. The summed E-state index contributed by atoms with van der Waals surface area (Å²) in [4.78, 5) is 11.3. The fourth-order valence-corrected chi connectivity index (χ4v) is 2.10. The standard InChI is InChI=1S/C14H7FN4O2/c15-12-3-4-13(18-17-12)19-7-10(14(20)21)9-5-8(6-16)1-2-11(9)19/h1-5,7H,(H,20,21). The third-order valence-electron chi connectivity index (χ3n) is 3.03. The molecule has 102 valence electrons. The van der Waals surface area contributed by atoms with E-state index in [2.05, 4.69) is 10.2 Å². The summed E-state index contributed by atoms with van der Waals surface area (Å²) in [7, 11) is 0. The molecule has 0 saturated carbocycles. The number of aromatic nitrogens is 3. The first kappa shape index (κ1) is 12.7. The van der Waals surface area contributed by atoms with Crippen molar-refractivity contribution in [1.29, 1.82) is 5.26 Å². The normalized spacial score (nSPS) is 10.5. The number of carboxylic acids is 1. The van der Waals surface area contributed by atoms with Gasteiger partial charge in [0.25, 0.3) is 0 Å². The predicted molar refractivity (Wildman–Crippen MR) is 70.5 cm³/mol. The Morgan fingerprint density at radius 3 is 2.71 bits per heavy atom. The number of hydrogen-bond acceptors (Lipinski definition) is 4. The number of carboxylic acid groups (broad SMARTS) is 1. The van der Waals surface area contributed by atoms with Crippen LogP contribution in [0.4, 0.5) is 4.39 Å². The van der Waals surface area contributed by atoms with Gasteiger partial charge >= 0.3 is 5.97 Å². The Morgan fingerprint density at radius 1 is 1.29 bits per heavy atom. The van der Waals surface area contributed by atoms with E-state index in [0.29, 0.717) is 22.3 Å². The van der Waals surface area contributed by atoms with Gasteiger partial charge in [-0.05, 0) is 30.3 Å². The van der Waals surface area contributed by atoms with Crippen LogP contribution in [0.2, 0.25) is 0 Å². The molecule has 0 amide bonds. The van der Waals surface area contributed by atoms with Gasteiger partial charge < -0.3 is 5.11 Å². The average Bonchev–Trinajstić information content (AvgIpc) is 2.87. The Kier molecular flexibility index (Phi) is 2.84. The summed E-state index contributed by atoms with van der Waals surface area (Å²) in [5.41, 5.74) is 0.938. The average molecular weight is 282 g/mol. The van der Waals surface area contributed by atoms with E-state index in [1.807, 2.05) is 6.07 Å². The van der Waals surface area contributed by atoms with E-state index in [4.69, 9.17) is 5.26 Å². The van der Waals surface area contributed by atoms with E-state index < -0.39 is 11.9 Å². The predicted octanol–water partition coefficient (Wildman–Crippen LogP) is 2.13. The number of hydrogen-bond donors (Lipinski definition) is 1. The van der Waals surface area contributed by atoms with Gasteiger partial charge in [0.05, 0.1) is 22.7 Å². The topological polar surface area (TPSA) is 91.8 Å². The number of fused-ring (bicyclic) bond motifs is 1. The number of nitrogens with zero attached hydrogens (tertiary/aromatic N) is 4. The molecule has 0 unspecified atom stereocenters. The van der Waals surface area contributed by atoms with Crippen LogP contribution in [0.5, 0.6) is 0 Å². The molecule has 0 atom stereocenters. The van der Waals surface area contributed by atoms with Crippen LogP contribution in [0.25, 0.3) is 16.7 Å². The van der Waals surface area contributed by atoms with Crippen molar-refractivity contribution < 1.29 is 14.3 Å². The first-order valence-electron chi connectivity index (χ1n) is 5.88. The summed E-state index contributed by atoms with van der Waals surface area (Å²) in [5.74, 6) is -1.55. The smallest absolute Gasteiger partial charge is 0.337 e. The van der Waals surface area contributed by atoms with Gasteiger partial charge in [-0.1, -0.05) is 0 Å². The second-order valence-electron chi connectivity index (χ2n) is 4.28. The molecule has 2 aromatic heterocycles. The minimum absolute atomic E-state index is 0.0354. The molecule has 3 rings (SSSR count). The van der Waals surface area contributed by atoms with Crippen molar-refractivity contribution in [3.05, 3.63) is 53.6 Å². The molecule has 21 heavy (non-hydrogen) atoms. The van der Waals surface area contributed by atoms with Crippen LogP contribution in [0.1, 0.15) is 15.9 Å². The van der Waals surface area contributed by atoms with E-state index in [1.165, 1.54) is 22.9 Å². The van der Waals surface area contributed by atoms with Crippen molar-refractivity contribution in [3.63, 3.8) is 0 Å². The van der Waals surface area contributed by atoms with Crippen molar-refractivity contribution in [2.45, 2.75) is 0 Å². The third-order valence-corrected chi connectivity index (χ3v) is 3.03. The van der Waals surface area contributed by atoms with Crippen molar-refractivity contribution in [1.82, 2.24) is 14.8 Å². The second kappa shape index (κ2) is 4.68. The number of aromatic carboxylic acids is 1. The molecule has 1 N–H and O–H groups in total. The lowest BCUT2D eigenvalue weighted by Gasteiger charge is -2.02. The monoisotopic (exact) mass is 282 g/mol. The van der Waals surface area contributed by atoms with Gasteiger partial charge in [0.1, 0.15) is 0 Å². The van der Waals surface area contributed by atoms with Gasteiger partial charge in [0.15, 0.2) is 5.82 Å². The van der Waals surface area contributed by atoms with Crippen LogP contribution >= 0.6 is 0 Å². The Hall–Kier alpha value is -3.27. The number of carbonyl (C=O) groups is 1. The Labute approximate surface area is 117 Å². The first-order chi connectivity index (χ1) is 10.1. The number of benzene rings is 1. The van der Waals surface area contributed by atoms with Gasteiger partial charge in [0.2, 0.25) is 5.95 Å². The van der Waals surface area contributed by atoms with E-state index >= 15 is 0 Å². The molecule has 7 heteroatoms. The molecule has 1 aromatic carbocycles. The molecule has 0 bridgehead atoms. The molecular weight excluding hydrogens is 275 g/mol. The fraction of sp³-hybridized carbons (Fsp3) is 0. The minimum Gasteiger partial charge on any atom is -0.478 e. The molecule has 3 aromatic rings. The molecule has 2 heterocycles. The zero-order chi connectivity index (χ0) is 15.0. The SMILES string of the molecule is N#Cc1ccc2c(c1)c(C(=O)O)cn2-c1ccc(F)nn1. The van der Waals surface area contributed by atoms with Gasteiger partial charge in [-0.3, -0.25) is 4.57 Å². The van der Waals surface area contributed by atoms with E-state index in [1.54, 1.807) is 12.1 Å². The summed E-state index contributed by atoms with van der Waals surface area (Å²) >= 11 is 0. The first-order valence-corrected chi connectivity index (χ1v) is 5.88. The summed E-state index contributed by atoms with van der Waals surface area (Å²) in [6.07, 6.45) is 1.37. The highest BCUT2D eigenvalue weighted by Gasteiger charge is 2.16. The van der Waals surface area contributed by atoms with Gasteiger partial charge in [-0.25, -0.2) is 4.79 Å².